The first-order chi connectivity index (χ1) is 10.2. The lowest BCUT2D eigenvalue weighted by Crippen LogP contribution is -2.32. The van der Waals surface area contributed by atoms with Gasteiger partial charge in [0, 0.05) is 24.6 Å². The number of amides is 2. The second kappa shape index (κ2) is 9.43. The average molecular weight is 326 g/mol. The highest BCUT2D eigenvalue weighted by molar-refractivity contribution is 5.96. The van der Waals surface area contributed by atoms with E-state index in [-0.39, 0.29) is 30.1 Å². The Morgan fingerprint density at radius 1 is 1.32 bits per heavy atom. The molecule has 1 heterocycles. The first-order valence-corrected chi connectivity index (χ1v) is 7.50. The van der Waals surface area contributed by atoms with Crippen molar-refractivity contribution in [2.75, 3.05) is 25.5 Å². The molecule has 0 aliphatic carbocycles. The Balaban J connectivity index is 0.00000242. The second-order valence-electron chi connectivity index (χ2n) is 5.39. The van der Waals surface area contributed by atoms with Gasteiger partial charge in [-0.1, -0.05) is 18.2 Å². The van der Waals surface area contributed by atoms with Gasteiger partial charge in [0.1, 0.15) is 0 Å². The summed E-state index contributed by atoms with van der Waals surface area (Å²) >= 11 is 0. The third-order valence-electron chi connectivity index (χ3n) is 3.76. The first-order valence-electron chi connectivity index (χ1n) is 7.50. The summed E-state index contributed by atoms with van der Waals surface area (Å²) in [6.07, 6.45) is 2.63. The Morgan fingerprint density at radius 2 is 2.09 bits per heavy atom. The molecule has 1 aliphatic heterocycles. The van der Waals surface area contributed by atoms with E-state index in [4.69, 9.17) is 0 Å². The molecule has 1 aromatic carbocycles. The summed E-state index contributed by atoms with van der Waals surface area (Å²) in [5, 5.41) is 8.83. The third kappa shape index (κ3) is 5.31. The van der Waals surface area contributed by atoms with Gasteiger partial charge in [0.15, 0.2) is 0 Å². The molecule has 0 spiro atoms. The Labute approximate surface area is 137 Å². The van der Waals surface area contributed by atoms with Crippen LogP contribution in [0.25, 0.3) is 0 Å². The molecule has 0 bridgehead atoms. The van der Waals surface area contributed by atoms with Gasteiger partial charge in [-0.3, -0.25) is 9.59 Å². The van der Waals surface area contributed by atoms with Crippen LogP contribution in [0.4, 0.5) is 5.69 Å². The lowest BCUT2D eigenvalue weighted by Gasteiger charge is -2.24. The quantitative estimate of drug-likeness (QED) is 0.669. The van der Waals surface area contributed by atoms with Crippen LogP contribution in [0.15, 0.2) is 24.3 Å². The fraction of sp³-hybridized carbons (Fsp3) is 0.500. The van der Waals surface area contributed by atoms with Crippen molar-refractivity contribution in [1.29, 1.82) is 0 Å². The van der Waals surface area contributed by atoms with Crippen LogP contribution in [0, 0.1) is 5.92 Å². The van der Waals surface area contributed by atoms with E-state index in [1.807, 2.05) is 31.3 Å². The van der Waals surface area contributed by atoms with Crippen LogP contribution in [-0.4, -0.2) is 32.0 Å². The number of rotatable bonds is 7. The van der Waals surface area contributed by atoms with Crippen molar-refractivity contribution in [2.45, 2.75) is 25.7 Å². The first kappa shape index (κ1) is 18.5. The molecular formula is C16H24ClN3O2. The maximum atomic E-state index is 12.0. The van der Waals surface area contributed by atoms with Gasteiger partial charge in [0.05, 0.1) is 0 Å². The number of nitrogens with one attached hydrogen (secondary N) is 3. The minimum atomic E-state index is -0.108. The van der Waals surface area contributed by atoms with Gasteiger partial charge in [-0.05, 0) is 44.5 Å². The van der Waals surface area contributed by atoms with E-state index in [2.05, 4.69) is 16.0 Å². The second-order valence-corrected chi connectivity index (χ2v) is 5.39. The minimum Gasteiger partial charge on any atom is -0.356 e. The van der Waals surface area contributed by atoms with Crippen molar-refractivity contribution in [3.63, 3.8) is 0 Å². The Hall–Kier alpha value is -1.59. The summed E-state index contributed by atoms with van der Waals surface area (Å²) < 4.78 is 0. The highest BCUT2D eigenvalue weighted by Crippen LogP contribution is 2.27. The number of para-hydroxylation sites is 1. The molecule has 1 unspecified atom stereocenters. The summed E-state index contributed by atoms with van der Waals surface area (Å²) in [7, 11) is 1.89. The van der Waals surface area contributed by atoms with Crippen LogP contribution in [0.1, 0.15) is 24.8 Å². The van der Waals surface area contributed by atoms with E-state index in [1.165, 1.54) is 0 Å². The average Bonchev–Trinajstić information content (AvgIpc) is 2.49. The molecule has 22 heavy (non-hydrogen) atoms. The fourth-order valence-corrected chi connectivity index (χ4v) is 2.53. The van der Waals surface area contributed by atoms with Crippen molar-refractivity contribution >= 4 is 29.9 Å². The van der Waals surface area contributed by atoms with Crippen LogP contribution in [0.5, 0.6) is 0 Å². The molecule has 122 valence electrons. The number of anilines is 1. The summed E-state index contributed by atoms with van der Waals surface area (Å²) in [6.45, 7) is 1.57. The lowest BCUT2D eigenvalue weighted by atomic mass is 9.89. The van der Waals surface area contributed by atoms with Gasteiger partial charge < -0.3 is 16.0 Å². The molecule has 0 aromatic heterocycles. The number of fused-ring (bicyclic) bond motifs is 1. The van der Waals surface area contributed by atoms with E-state index in [0.29, 0.717) is 19.4 Å². The number of benzene rings is 1. The van der Waals surface area contributed by atoms with Crippen LogP contribution in [-0.2, 0) is 16.0 Å². The smallest absolute Gasteiger partial charge is 0.227 e. The van der Waals surface area contributed by atoms with Crippen LogP contribution < -0.4 is 16.0 Å². The van der Waals surface area contributed by atoms with Crippen molar-refractivity contribution in [3.05, 3.63) is 29.8 Å². The van der Waals surface area contributed by atoms with E-state index >= 15 is 0 Å². The summed E-state index contributed by atoms with van der Waals surface area (Å²) in [6, 6.07) is 7.83. The highest BCUT2D eigenvalue weighted by Gasteiger charge is 2.25. The van der Waals surface area contributed by atoms with Gasteiger partial charge in [-0.25, -0.2) is 0 Å². The monoisotopic (exact) mass is 325 g/mol. The lowest BCUT2D eigenvalue weighted by molar-refractivity contribution is -0.122. The standard InChI is InChI=1S/C16H23N3O2.ClH/c1-17-9-4-10-18-15(20)8-7-13-11-12-5-2-3-6-14(12)19-16(13)21;/h2-3,5-6,13,17H,4,7-11H2,1H3,(H,18,20)(H,19,21);1H. The van der Waals surface area contributed by atoms with E-state index in [1.54, 1.807) is 0 Å². The topological polar surface area (TPSA) is 70.2 Å². The van der Waals surface area contributed by atoms with E-state index in [0.717, 1.165) is 30.6 Å². The van der Waals surface area contributed by atoms with Crippen LogP contribution in [0.2, 0.25) is 0 Å². The normalized spacial score (nSPS) is 16.2. The molecule has 6 heteroatoms. The molecule has 1 aromatic rings. The van der Waals surface area contributed by atoms with Crippen LogP contribution in [0.3, 0.4) is 0 Å². The zero-order chi connectivity index (χ0) is 15.1. The number of carbonyl (C=O) groups is 2. The maximum absolute atomic E-state index is 12.0. The maximum Gasteiger partial charge on any atom is 0.227 e. The molecule has 1 atom stereocenters. The predicted octanol–water partition coefficient (Wildman–Crippen LogP) is 1.73. The predicted molar refractivity (Wildman–Crippen MR) is 90.3 cm³/mol. The fourth-order valence-electron chi connectivity index (χ4n) is 2.53. The SMILES string of the molecule is CNCCCNC(=O)CCC1Cc2ccccc2NC1=O.Cl. The molecule has 5 nitrogen and oxygen atoms in total. The number of hydrogen-bond donors (Lipinski definition) is 3. The molecule has 1 aliphatic rings. The van der Waals surface area contributed by atoms with Gasteiger partial charge in [-0.15, -0.1) is 12.4 Å². The Kier molecular flexibility index (Phi) is 7.91. The van der Waals surface area contributed by atoms with Crippen LogP contribution >= 0.6 is 12.4 Å². The number of carbonyl (C=O) groups excluding carboxylic acids is 2. The molecule has 0 radical (unpaired) electrons. The molecule has 2 rings (SSSR count). The van der Waals surface area contributed by atoms with E-state index in [9.17, 15) is 9.59 Å². The summed E-state index contributed by atoms with van der Waals surface area (Å²) in [4.78, 5) is 23.8. The molecule has 2 amide bonds. The zero-order valence-electron chi connectivity index (χ0n) is 12.9. The zero-order valence-corrected chi connectivity index (χ0v) is 13.7. The van der Waals surface area contributed by atoms with Gasteiger partial charge in [0.25, 0.3) is 0 Å². The number of hydrogen-bond acceptors (Lipinski definition) is 3. The summed E-state index contributed by atoms with van der Waals surface area (Å²) in [5.74, 6) is -0.0580. The number of halogens is 1. The molecule has 0 fully saturated rings. The van der Waals surface area contributed by atoms with Gasteiger partial charge in [0.2, 0.25) is 11.8 Å². The van der Waals surface area contributed by atoms with Crippen molar-refractivity contribution in [1.82, 2.24) is 10.6 Å². The Morgan fingerprint density at radius 3 is 2.86 bits per heavy atom. The summed E-state index contributed by atoms with van der Waals surface area (Å²) in [5.41, 5.74) is 2.05. The van der Waals surface area contributed by atoms with Crippen molar-refractivity contribution in [3.8, 4) is 0 Å². The highest BCUT2D eigenvalue weighted by atomic mass is 35.5. The van der Waals surface area contributed by atoms with Gasteiger partial charge >= 0.3 is 0 Å². The largest absolute Gasteiger partial charge is 0.356 e. The molecule has 0 saturated carbocycles. The minimum absolute atomic E-state index is 0. The van der Waals surface area contributed by atoms with Crippen molar-refractivity contribution < 1.29 is 9.59 Å². The molecule has 0 saturated heterocycles. The Bertz CT molecular complexity index is 508. The molecular weight excluding hydrogens is 302 g/mol. The third-order valence-corrected chi connectivity index (χ3v) is 3.76. The van der Waals surface area contributed by atoms with Gasteiger partial charge in [-0.2, -0.15) is 0 Å². The van der Waals surface area contributed by atoms with E-state index < -0.39 is 0 Å². The van der Waals surface area contributed by atoms with Crippen molar-refractivity contribution in [2.24, 2.45) is 5.92 Å². The molecule has 3 N–H and O–H groups in total.